The number of para-hydroxylation sites is 2. The molecule has 6 nitrogen and oxygen atoms in total. The normalized spacial score (nSPS) is 10.2. The van der Waals surface area contributed by atoms with Crippen molar-refractivity contribution in [1.29, 1.82) is 0 Å². The Kier molecular flexibility index (Phi) is 5.60. The third kappa shape index (κ3) is 4.25. The lowest BCUT2D eigenvalue weighted by atomic mass is 10.2. The first kappa shape index (κ1) is 17.6. The predicted octanol–water partition coefficient (Wildman–Crippen LogP) is 3.44. The largest absolute Gasteiger partial charge is 0.483 e. The van der Waals surface area contributed by atoms with Crippen LogP contribution in [0.5, 0.6) is 5.75 Å². The van der Waals surface area contributed by atoms with E-state index in [0.717, 1.165) is 5.69 Å². The number of ether oxygens (including phenoxy) is 1. The highest BCUT2D eigenvalue weighted by Crippen LogP contribution is 2.21. The van der Waals surface area contributed by atoms with Crippen LogP contribution in [0, 0.1) is 0 Å². The van der Waals surface area contributed by atoms with Crippen molar-refractivity contribution >= 4 is 34.0 Å². The Morgan fingerprint density at radius 1 is 1.12 bits per heavy atom. The number of hydrogen-bond acceptors (Lipinski definition) is 5. The van der Waals surface area contributed by atoms with Crippen LogP contribution in [0.25, 0.3) is 0 Å². The van der Waals surface area contributed by atoms with Gasteiger partial charge in [0.25, 0.3) is 11.8 Å². The van der Waals surface area contributed by atoms with E-state index in [2.05, 4.69) is 10.3 Å². The summed E-state index contributed by atoms with van der Waals surface area (Å²) in [6.07, 6.45) is 1.61. The highest BCUT2D eigenvalue weighted by atomic mass is 32.1. The van der Waals surface area contributed by atoms with Gasteiger partial charge in [0.05, 0.1) is 5.56 Å². The summed E-state index contributed by atoms with van der Waals surface area (Å²) in [4.78, 5) is 30.3. The van der Waals surface area contributed by atoms with E-state index in [1.54, 1.807) is 42.9 Å². The lowest BCUT2D eigenvalue weighted by Crippen LogP contribution is -2.31. The van der Waals surface area contributed by atoms with Crippen molar-refractivity contribution in [2.75, 3.05) is 23.9 Å². The lowest BCUT2D eigenvalue weighted by molar-refractivity contribution is -0.120. The minimum Gasteiger partial charge on any atom is -0.483 e. The average molecular weight is 367 g/mol. The fraction of sp³-hybridized carbons (Fsp3) is 0.105. The molecule has 0 bridgehead atoms. The van der Waals surface area contributed by atoms with Crippen molar-refractivity contribution in [2.24, 2.45) is 0 Å². The fourth-order valence-corrected chi connectivity index (χ4v) is 2.79. The summed E-state index contributed by atoms with van der Waals surface area (Å²) in [5.41, 5.74) is 1.12. The molecule has 26 heavy (non-hydrogen) atoms. The minimum atomic E-state index is -0.334. The van der Waals surface area contributed by atoms with Crippen LogP contribution in [-0.2, 0) is 4.79 Å². The molecule has 0 aliphatic rings. The van der Waals surface area contributed by atoms with Crippen molar-refractivity contribution in [3.63, 3.8) is 0 Å². The van der Waals surface area contributed by atoms with Crippen molar-refractivity contribution in [3.05, 3.63) is 71.7 Å². The zero-order valence-corrected chi connectivity index (χ0v) is 14.9. The summed E-state index contributed by atoms with van der Waals surface area (Å²) in [6.45, 7) is -0.174. The van der Waals surface area contributed by atoms with Gasteiger partial charge in [-0.05, 0) is 24.3 Å². The number of nitrogens with one attached hydrogen (secondary N) is 1. The van der Waals surface area contributed by atoms with Crippen LogP contribution in [-0.4, -0.2) is 30.5 Å². The SMILES string of the molecule is CN(C(=O)COc1ccccc1C(=O)Nc1nccs1)c1ccccc1. The molecule has 0 saturated carbocycles. The Morgan fingerprint density at radius 3 is 2.58 bits per heavy atom. The quantitative estimate of drug-likeness (QED) is 0.724. The second kappa shape index (κ2) is 8.26. The zero-order valence-electron chi connectivity index (χ0n) is 14.1. The van der Waals surface area contributed by atoms with Crippen LogP contribution >= 0.6 is 11.3 Å². The fourth-order valence-electron chi connectivity index (χ4n) is 2.26. The molecule has 0 atom stereocenters. The molecule has 7 heteroatoms. The van der Waals surface area contributed by atoms with Gasteiger partial charge in [-0.1, -0.05) is 30.3 Å². The number of rotatable bonds is 6. The van der Waals surface area contributed by atoms with Gasteiger partial charge >= 0.3 is 0 Å². The topological polar surface area (TPSA) is 71.5 Å². The number of amides is 2. The molecule has 0 aliphatic carbocycles. The van der Waals surface area contributed by atoms with Crippen molar-refractivity contribution in [1.82, 2.24) is 4.98 Å². The Bertz CT molecular complexity index is 882. The van der Waals surface area contributed by atoms with E-state index in [9.17, 15) is 9.59 Å². The first-order valence-corrected chi connectivity index (χ1v) is 8.77. The van der Waals surface area contributed by atoms with Gasteiger partial charge in [0.1, 0.15) is 5.75 Å². The second-order valence-corrected chi connectivity index (χ2v) is 6.26. The molecule has 1 aromatic heterocycles. The van der Waals surface area contributed by atoms with Crippen LogP contribution in [0.4, 0.5) is 10.8 Å². The number of anilines is 2. The van der Waals surface area contributed by atoms with Crippen molar-refractivity contribution in [2.45, 2.75) is 0 Å². The van der Waals surface area contributed by atoms with Gasteiger partial charge in [0.15, 0.2) is 11.7 Å². The van der Waals surface area contributed by atoms with Crippen LogP contribution in [0.15, 0.2) is 66.2 Å². The highest BCUT2D eigenvalue weighted by Gasteiger charge is 2.16. The molecular weight excluding hydrogens is 350 g/mol. The van der Waals surface area contributed by atoms with Gasteiger partial charge in [0, 0.05) is 24.3 Å². The summed E-state index contributed by atoms with van der Waals surface area (Å²) in [5, 5.41) is 4.99. The average Bonchev–Trinajstić information content (AvgIpc) is 3.19. The van der Waals surface area contributed by atoms with Gasteiger partial charge in [-0.25, -0.2) is 4.98 Å². The molecule has 2 amide bonds. The first-order valence-electron chi connectivity index (χ1n) is 7.89. The molecular formula is C19H17N3O3S. The van der Waals surface area contributed by atoms with Crippen molar-refractivity contribution in [3.8, 4) is 5.75 Å². The van der Waals surface area contributed by atoms with Crippen LogP contribution in [0.1, 0.15) is 10.4 Å². The molecule has 0 spiro atoms. The molecule has 132 valence electrons. The van der Waals surface area contributed by atoms with Gasteiger partial charge in [0.2, 0.25) is 0 Å². The van der Waals surface area contributed by atoms with Gasteiger partial charge < -0.3 is 9.64 Å². The van der Waals surface area contributed by atoms with Crippen molar-refractivity contribution < 1.29 is 14.3 Å². The summed E-state index contributed by atoms with van der Waals surface area (Å²) in [6, 6.07) is 16.1. The third-order valence-electron chi connectivity index (χ3n) is 3.65. The Labute approximate surface area is 155 Å². The number of thiazole rings is 1. The maximum absolute atomic E-state index is 12.4. The summed E-state index contributed by atoms with van der Waals surface area (Å²) in [7, 11) is 1.68. The number of benzene rings is 2. The van der Waals surface area contributed by atoms with E-state index in [-0.39, 0.29) is 18.4 Å². The second-order valence-electron chi connectivity index (χ2n) is 5.36. The van der Waals surface area contributed by atoms with E-state index < -0.39 is 0 Å². The molecule has 3 rings (SSSR count). The molecule has 0 unspecified atom stereocenters. The molecule has 2 aromatic carbocycles. The number of carbonyl (C=O) groups excluding carboxylic acids is 2. The monoisotopic (exact) mass is 367 g/mol. The smallest absolute Gasteiger partial charge is 0.264 e. The van der Waals surface area contributed by atoms with Gasteiger partial charge in [-0.15, -0.1) is 11.3 Å². The number of hydrogen-bond donors (Lipinski definition) is 1. The predicted molar refractivity (Wildman–Crippen MR) is 102 cm³/mol. The Morgan fingerprint density at radius 2 is 1.85 bits per heavy atom. The maximum atomic E-state index is 12.4. The van der Waals surface area contributed by atoms with E-state index in [1.807, 2.05) is 30.3 Å². The van der Waals surface area contributed by atoms with E-state index in [1.165, 1.54) is 16.2 Å². The molecule has 0 saturated heterocycles. The summed E-state index contributed by atoms with van der Waals surface area (Å²) in [5.74, 6) is -0.206. The zero-order chi connectivity index (χ0) is 18.4. The standard InChI is InChI=1S/C19H17N3O3S/c1-22(14-7-3-2-4-8-14)17(23)13-25-16-10-6-5-9-15(16)18(24)21-19-20-11-12-26-19/h2-12H,13H2,1H3,(H,20,21,24). The first-order chi connectivity index (χ1) is 12.6. The lowest BCUT2D eigenvalue weighted by Gasteiger charge is -2.18. The van der Waals surface area contributed by atoms with Gasteiger partial charge in [-0.2, -0.15) is 0 Å². The Balaban J connectivity index is 1.66. The number of carbonyl (C=O) groups is 2. The summed E-state index contributed by atoms with van der Waals surface area (Å²) >= 11 is 1.33. The van der Waals surface area contributed by atoms with Gasteiger partial charge in [-0.3, -0.25) is 14.9 Å². The molecule has 0 fully saturated rings. The van der Waals surface area contributed by atoms with E-state index >= 15 is 0 Å². The number of aromatic nitrogens is 1. The maximum Gasteiger partial charge on any atom is 0.264 e. The molecule has 0 radical (unpaired) electrons. The van der Waals surface area contributed by atoms with E-state index in [0.29, 0.717) is 16.4 Å². The number of nitrogens with zero attached hydrogens (tertiary/aromatic N) is 2. The van der Waals surface area contributed by atoms with Crippen LogP contribution < -0.4 is 15.0 Å². The molecule has 1 heterocycles. The van der Waals surface area contributed by atoms with E-state index in [4.69, 9.17) is 4.74 Å². The van der Waals surface area contributed by atoms with Crippen LogP contribution in [0.2, 0.25) is 0 Å². The third-order valence-corrected chi connectivity index (χ3v) is 4.34. The minimum absolute atomic E-state index is 0.174. The molecule has 1 N–H and O–H groups in total. The molecule has 0 aliphatic heterocycles. The van der Waals surface area contributed by atoms with Crippen LogP contribution in [0.3, 0.4) is 0 Å². The summed E-state index contributed by atoms with van der Waals surface area (Å²) < 4.78 is 5.61. The Hall–Kier alpha value is -3.19. The number of likely N-dealkylation sites (N-methyl/N-ethyl adjacent to an activating group) is 1. The highest BCUT2D eigenvalue weighted by molar-refractivity contribution is 7.13. The molecule has 3 aromatic rings.